The molecule has 0 unspecified atom stereocenters. The number of hydrogen-bond acceptors (Lipinski definition) is 4. The van der Waals surface area contributed by atoms with Crippen molar-refractivity contribution < 1.29 is 4.79 Å². The van der Waals surface area contributed by atoms with Crippen LogP contribution < -0.4 is 16.6 Å². The Labute approximate surface area is 88.0 Å². The van der Waals surface area contributed by atoms with Crippen molar-refractivity contribution in [3.05, 3.63) is 23.9 Å². The van der Waals surface area contributed by atoms with Crippen LogP contribution in [0, 0.1) is 0 Å². The maximum absolute atomic E-state index is 11.6. The molecule has 5 nitrogen and oxygen atoms in total. The second-order valence-electron chi connectivity index (χ2n) is 3.68. The topological polar surface area (TPSA) is 80.0 Å². The van der Waals surface area contributed by atoms with Gasteiger partial charge in [-0.3, -0.25) is 4.79 Å². The molecule has 4 N–H and O–H groups in total. The number of anilines is 1. The van der Waals surface area contributed by atoms with Gasteiger partial charge >= 0.3 is 0 Å². The zero-order valence-electron chi connectivity index (χ0n) is 8.36. The van der Waals surface area contributed by atoms with Gasteiger partial charge in [0, 0.05) is 12.2 Å². The fourth-order valence-corrected chi connectivity index (χ4v) is 1.43. The van der Waals surface area contributed by atoms with Gasteiger partial charge in [0.25, 0.3) is 5.91 Å². The minimum absolute atomic E-state index is 0.0595. The molecule has 15 heavy (non-hydrogen) atoms. The second-order valence-corrected chi connectivity index (χ2v) is 3.68. The van der Waals surface area contributed by atoms with E-state index in [1.165, 1.54) is 12.6 Å². The van der Waals surface area contributed by atoms with Gasteiger partial charge in [-0.15, -0.1) is 0 Å². The van der Waals surface area contributed by atoms with E-state index in [0.29, 0.717) is 17.4 Å². The quantitative estimate of drug-likeness (QED) is 0.501. The fraction of sp³-hybridized carbons (Fsp3) is 0.400. The number of pyridine rings is 1. The van der Waals surface area contributed by atoms with Crippen LogP contribution in [0.15, 0.2) is 18.3 Å². The van der Waals surface area contributed by atoms with Gasteiger partial charge in [0.05, 0.1) is 5.56 Å². The Bertz CT molecular complexity index is 345. The SMILES string of the molecule is NNc1ccc(C(=O)NC2CCC2)cn1. The fourth-order valence-electron chi connectivity index (χ4n) is 1.43. The molecule has 5 heteroatoms. The molecule has 2 rings (SSSR count). The number of rotatable bonds is 3. The average molecular weight is 206 g/mol. The van der Waals surface area contributed by atoms with E-state index in [-0.39, 0.29) is 5.91 Å². The molecule has 0 aliphatic heterocycles. The van der Waals surface area contributed by atoms with E-state index in [2.05, 4.69) is 15.7 Å². The number of hydrazine groups is 1. The van der Waals surface area contributed by atoms with E-state index >= 15 is 0 Å². The number of nitrogens with zero attached hydrogens (tertiary/aromatic N) is 1. The summed E-state index contributed by atoms with van der Waals surface area (Å²) in [6.07, 6.45) is 4.89. The lowest BCUT2D eigenvalue weighted by molar-refractivity contribution is 0.0916. The minimum atomic E-state index is -0.0595. The lowest BCUT2D eigenvalue weighted by atomic mass is 9.93. The van der Waals surface area contributed by atoms with E-state index < -0.39 is 0 Å². The van der Waals surface area contributed by atoms with Crippen molar-refractivity contribution in [2.75, 3.05) is 5.43 Å². The van der Waals surface area contributed by atoms with Gasteiger partial charge in [-0.2, -0.15) is 0 Å². The van der Waals surface area contributed by atoms with E-state index in [0.717, 1.165) is 12.8 Å². The zero-order chi connectivity index (χ0) is 10.7. The van der Waals surface area contributed by atoms with Crippen LogP contribution >= 0.6 is 0 Å². The van der Waals surface area contributed by atoms with Crippen molar-refractivity contribution in [3.63, 3.8) is 0 Å². The van der Waals surface area contributed by atoms with Crippen molar-refractivity contribution in [1.82, 2.24) is 10.3 Å². The molecule has 0 bridgehead atoms. The third kappa shape index (κ3) is 2.24. The summed E-state index contributed by atoms with van der Waals surface area (Å²) >= 11 is 0. The molecule has 1 aromatic heterocycles. The van der Waals surface area contributed by atoms with Crippen LogP contribution in [-0.2, 0) is 0 Å². The summed E-state index contributed by atoms with van der Waals surface area (Å²) in [6, 6.07) is 3.73. The number of amides is 1. The second kappa shape index (κ2) is 4.27. The van der Waals surface area contributed by atoms with Crippen molar-refractivity contribution in [2.24, 2.45) is 5.84 Å². The van der Waals surface area contributed by atoms with E-state index in [1.807, 2.05) is 0 Å². The molecular weight excluding hydrogens is 192 g/mol. The Hall–Kier alpha value is -1.62. The molecule has 0 aromatic carbocycles. The van der Waals surface area contributed by atoms with Crippen molar-refractivity contribution in [2.45, 2.75) is 25.3 Å². The maximum atomic E-state index is 11.6. The minimum Gasteiger partial charge on any atom is -0.349 e. The highest BCUT2D eigenvalue weighted by atomic mass is 16.1. The Morgan fingerprint density at radius 1 is 1.47 bits per heavy atom. The molecule has 1 fully saturated rings. The first-order valence-electron chi connectivity index (χ1n) is 5.03. The molecule has 0 atom stereocenters. The molecule has 1 aliphatic rings. The number of aromatic nitrogens is 1. The van der Waals surface area contributed by atoms with Gasteiger partial charge in [-0.05, 0) is 31.4 Å². The molecule has 1 aromatic rings. The molecule has 1 aliphatic carbocycles. The molecule has 0 spiro atoms. The summed E-state index contributed by atoms with van der Waals surface area (Å²) in [5.41, 5.74) is 2.98. The largest absolute Gasteiger partial charge is 0.349 e. The summed E-state index contributed by atoms with van der Waals surface area (Å²) in [5.74, 6) is 5.67. The van der Waals surface area contributed by atoms with Crippen LogP contribution in [0.1, 0.15) is 29.6 Å². The van der Waals surface area contributed by atoms with Crippen LogP contribution in [0.2, 0.25) is 0 Å². The van der Waals surface area contributed by atoms with Crippen LogP contribution in [0.25, 0.3) is 0 Å². The van der Waals surface area contributed by atoms with Gasteiger partial charge in [0.15, 0.2) is 0 Å². The lowest BCUT2D eigenvalue weighted by Crippen LogP contribution is -2.39. The number of nitrogen functional groups attached to an aromatic ring is 1. The first-order chi connectivity index (χ1) is 7.29. The van der Waals surface area contributed by atoms with Crippen LogP contribution in [0.3, 0.4) is 0 Å². The van der Waals surface area contributed by atoms with Gasteiger partial charge in [-0.1, -0.05) is 0 Å². The van der Waals surface area contributed by atoms with Crippen LogP contribution in [-0.4, -0.2) is 16.9 Å². The number of nitrogens with two attached hydrogens (primary N) is 1. The number of carbonyl (C=O) groups excluding carboxylic acids is 1. The molecule has 80 valence electrons. The highest BCUT2D eigenvalue weighted by molar-refractivity contribution is 5.94. The summed E-state index contributed by atoms with van der Waals surface area (Å²) in [4.78, 5) is 15.6. The highest BCUT2D eigenvalue weighted by Crippen LogP contribution is 2.18. The smallest absolute Gasteiger partial charge is 0.253 e. The van der Waals surface area contributed by atoms with Gasteiger partial charge in [0.1, 0.15) is 5.82 Å². The Morgan fingerprint density at radius 2 is 2.27 bits per heavy atom. The lowest BCUT2D eigenvalue weighted by Gasteiger charge is -2.26. The monoisotopic (exact) mass is 206 g/mol. The van der Waals surface area contributed by atoms with Crippen molar-refractivity contribution in [3.8, 4) is 0 Å². The third-order valence-corrected chi connectivity index (χ3v) is 2.61. The predicted molar refractivity (Wildman–Crippen MR) is 57.2 cm³/mol. The van der Waals surface area contributed by atoms with Gasteiger partial charge in [-0.25, -0.2) is 10.8 Å². The zero-order valence-corrected chi connectivity index (χ0v) is 8.36. The number of hydrogen-bond donors (Lipinski definition) is 3. The van der Waals surface area contributed by atoms with Gasteiger partial charge in [0.2, 0.25) is 0 Å². The highest BCUT2D eigenvalue weighted by Gasteiger charge is 2.19. The molecule has 1 amide bonds. The molecule has 0 saturated heterocycles. The summed E-state index contributed by atoms with van der Waals surface area (Å²) < 4.78 is 0. The van der Waals surface area contributed by atoms with Crippen molar-refractivity contribution >= 4 is 11.7 Å². The Balaban J connectivity index is 1.98. The predicted octanol–water partition coefficient (Wildman–Crippen LogP) is 0.649. The van der Waals surface area contributed by atoms with E-state index in [1.54, 1.807) is 12.1 Å². The standard InChI is InChI=1S/C10H14N4O/c11-14-9-5-4-7(6-12-9)10(15)13-8-2-1-3-8/h4-6,8H,1-3,11H2,(H,12,14)(H,13,15). The Kier molecular flexibility index (Phi) is 2.82. The molecular formula is C10H14N4O. The van der Waals surface area contributed by atoms with E-state index in [9.17, 15) is 4.79 Å². The Morgan fingerprint density at radius 3 is 2.73 bits per heavy atom. The third-order valence-electron chi connectivity index (χ3n) is 2.61. The van der Waals surface area contributed by atoms with Crippen molar-refractivity contribution in [1.29, 1.82) is 0 Å². The molecule has 1 saturated carbocycles. The average Bonchev–Trinajstić information content (AvgIpc) is 2.23. The maximum Gasteiger partial charge on any atom is 0.253 e. The normalized spacial score (nSPS) is 15.5. The van der Waals surface area contributed by atoms with Crippen LogP contribution in [0.4, 0.5) is 5.82 Å². The number of carbonyl (C=O) groups is 1. The van der Waals surface area contributed by atoms with Gasteiger partial charge < -0.3 is 10.7 Å². The first-order valence-corrected chi connectivity index (χ1v) is 5.03. The van der Waals surface area contributed by atoms with E-state index in [4.69, 9.17) is 5.84 Å². The molecule has 1 heterocycles. The summed E-state index contributed by atoms with van der Waals surface area (Å²) in [5, 5.41) is 2.94. The number of nitrogens with one attached hydrogen (secondary N) is 2. The summed E-state index contributed by atoms with van der Waals surface area (Å²) in [7, 11) is 0. The molecule has 0 radical (unpaired) electrons. The first kappa shape index (κ1) is 9.92. The van der Waals surface area contributed by atoms with Crippen LogP contribution in [0.5, 0.6) is 0 Å². The summed E-state index contributed by atoms with van der Waals surface area (Å²) in [6.45, 7) is 0.